The largest absolute Gasteiger partial charge is 0.295 e. The minimum absolute atomic E-state index is 0.269. The fourth-order valence-electron chi connectivity index (χ4n) is 0.253. The van der Waals surface area contributed by atoms with Crippen molar-refractivity contribution in [2.75, 3.05) is 0 Å². The summed E-state index contributed by atoms with van der Waals surface area (Å²) in [6.45, 7) is 1.76. The van der Waals surface area contributed by atoms with Crippen LogP contribution in [0.4, 0.5) is 0 Å². The molecule has 0 spiro atoms. The van der Waals surface area contributed by atoms with Crippen LogP contribution in [-0.2, 0) is 9.59 Å². The highest BCUT2D eigenvalue weighted by atomic mass is 79.9. The average molecular weight is 190 g/mol. The number of aldehydes is 1. The van der Waals surface area contributed by atoms with Crippen molar-refractivity contribution < 1.29 is 9.59 Å². The second-order valence-corrected chi connectivity index (χ2v) is 2.25. The van der Waals surface area contributed by atoms with E-state index in [0.717, 1.165) is 0 Å². The molecule has 0 amide bonds. The number of allylic oxidation sites excluding steroid dienone is 2. The van der Waals surface area contributed by atoms with Crippen LogP contribution < -0.4 is 0 Å². The maximum atomic E-state index is 10.3. The van der Waals surface area contributed by atoms with Crippen LogP contribution in [-0.4, -0.2) is 12.1 Å². The van der Waals surface area contributed by atoms with E-state index in [2.05, 4.69) is 15.9 Å². The quantitative estimate of drug-likeness (QED) is 0.495. The smallest absolute Gasteiger partial charge is 0.204 e. The zero-order valence-corrected chi connectivity index (χ0v) is 6.51. The van der Waals surface area contributed by atoms with Crippen LogP contribution in [0, 0.1) is 6.42 Å². The molecule has 0 saturated heterocycles. The number of halogens is 1. The van der Waals surface area contributed by atoms with Crippen LogP contribution in [0.1, 0.15) is 6.92 Å². The maximum Gasteiger partial charge on any atom is 0.204 e. The molecule has 3 heteroatoms. The Kier molecular flexibility index (Phi) is 4.22. The Morgan fingerprint density at radius 3 is 2.44 bits per heavy atom. The number of hydrogen-bond donors (Lipinski definition) is 0. The van der Waals surface area contributed by atoms with Crippen LogP contribution in [0.15, 0.2) is 10.6 Å². The molecule has 0 rings (SSSR count). The van der Waals surface area contributed by atoms with Gasteiger partial charge in [-0.1, -0.05) is 22.0 Å². The summed E-state index contributed by atoms with van der Waals surface area (Å²) in [6, 6.07) is 0. The third-order valence-corrected chi connectivity index (χ3v) is 1.36. The van der Waals surface area contributed by atoms with Crippen LogP contribution >= 0.6 is 15.9 Å². The van der Waals surface area contributed by atoms with Gasteiger partial charge in [-0.15, -0.1) is 0 Å². The van der Waals surface area contributed by atoms with Crippen molar-refractivity contribution in [2.24, 2.45) is 0 Å². The molecule has 0 unspecified atom stereocenters. The van der Waals surface area contributed by atoms with E-state index in [9.17, 15) is 9.59 Å². The molecule has 0 fully saturated rings. The Morgan fingerprint density at radius 1 is 1.56 bits per heavy atom. The summed E-state index contributed by atoms with van der Waals surface area (Å²) in [6.07, 6.45) is 3.17. The molecule has 0 aliphatic rings. The summed E-state index contributed by atoms with van der Waals surface area (Å²) in [5.74, 6) is -0.528. The summed E-state index contributed by atoms with van der Waals surface area (Å²) in [5.41, 5.74) is 0. The molecule has 0 aromatic heterocycles. The lowest BCUT2D eigenvalue weighted by Gasteiger charge is -1.87. The maximum absolute atomic E-state index is 10.3. The predicted octanol–water partition coefficient (Wildman–Crippen LogP) is 1.26. The summed E-state index contributed by atoms with van der Waals surface area (Å²) >= 11 is 3.04. The van der Waals surface area contributed by atoms with E-state index in [-0.39, 0.29) is 6.29 Å². The molecule has 0 saturated carbocycles. The van der Waals surface area contributed by atoms with Gasteiger partial charge in [-0.2, -0.15) is 0 Å². The predicted molar refractivity (Wildman–Crippen MR) is 38.1 cm³/mol. The fraction of sp³-hybridized carbons (Fsp3) is 0.167. The van der Waals surface area contributed by atoms with Gasteiger partial charge in [0, 0.05) is 4.48 Å². The van der Waals surface area contributed by atoms with Crippen LogP contribution in [0.5, 0.6) is 0 Å². The van der Waals surface area contributed by atoms with Gasteiger partial charge < -0.3 is 0 Å². The lowest BCUT2D eigenvalue weighted by molar-refractivity contribution is -0.127. The van der Waals surface area contributed by atoms with Gasteiger partial charge in [0.1, 0.15) is 0 Å². The van der Waals surface area contributed by atoms with Gasteiger partial charge in [-0.25, -0.2) is 0 Å². The Morgan fingerprint density at radius 2 is 2.11 bits per heavy atom. The molecule has 0 aromatic rings. The molecule has 0 bridgehead atoms. The number of carbonyl (C=O) groups excluding carboxylic acids is 2. The van der Waals surface area contributed by atoms with Gasteiger partial charge in [-0.05, 0) is 6.92 Å². The summed E-state index contributed by atoms with van der Waals surface area (Å²) in [5, 5.41) is 0. The fourth-order valence-corrected chi connectivity index (χ4v) is 0.479. The second kappa shape index (κ2) is 4.44. The summed E-state index contributed by atoms with van der Waals surface area (Å²) < 4.78 is 0.625. The number of ketones is 1. The zero-order valence-electron chi connectivity index (χ0n) is 4.93. The van der Waals surface area contributed by atoms with E-state index in [1.807, 2.05) is 0 Å². The molecule has 1 radical (unpaired) electrons. The van der Waals surface area contributed by atoms with E-state index in [1.54, 1.807) is 13.0 Å². The van der Waals surface area contributed by atoms with Gasteiger partial charge in [-0.3, -0.25) is 9.59 Å². The first-order valence-electron chi connectivity index (χ1n) is 2.36. The van der Waals surface area contributed by atoms with Crippen molar-refractivity contribution >= 4 is 28.0 Å². The minimum atomic E-state index is -0.528. The van der Waals surface area contributed by atoms with Crippen molar-refractivity contribution in [3.05, 3.63) is 17.0 Å². The first kappa shape index (κ1) is 8.56. The number of rotatable bonds is 3. The highest BCUT2D eigenvalue weighted by Crippen LogP contribution is 2.07. The normalized spacial score (nSPS) is 11.1. The van der Waals surface area contributed by atoms with Gasteiger partial charge in [0.05, 0.1) is 6.42 Å². The first-order valence-corrected chi connectivity index (χ1v) is 3.15. The Labute approximate surface area is 62.1 Å². The molecule has 0 aliphatic carbocycles. The standard InChI is InChI=1S/C6H6BrO2/c1-2-5(7)3-6(9)4-8/h2-4H,1H3. The lowest BCUT2D eigenvalue weighted by Crippen LogP contribution is -1.98. The molecule has 49 valence electrons. The third-order valence-electron chi connectivity index (χ3n) is 0.672. The van der Waals surface area contributed by atoms with E-state index < -0.39 is 5.78 Å². The number of Topliss-reactive ketones (excluding diaryl/α,β-unsaturated/α-hetero) is 1. The molecule has 0 aromatic carbocycles. The van der Waals surface area contributed by atoms with Gasteiger partial charge in [0.2, 0.25) is 5.78 Å². The Balaban J connectivity index is 3.74. The minimum Gasteiger partial charge on any atom is -0.295 e. The first-order chi connectivity index (χ1) is 4.20. The zero-order chi connectivity index (χ0) is 7.28. The molecular formula is C6H6BrO2. The van der Waals surface area contributed by atoms with Crippen molar-refractivity contribution in [3.8, 4) is 0 Å². The topological polar surface area (TPSA) is 34.1 Å². The Bertz CT molecular complexity index is 149. The monoisotopic (exact) mass is 189 g/mol. The number of carbonyl (C=O) groups is 2. The van der Waals surface area contributed by atoms with E-state index in [4.69, 9.17) is 0 Å². The van der Waals surface area contributed by atoms with Crippen molar-refractivity contribution in [1.29, 1.82) is 0 Å². The lowest BCUT2D eigenvalue weighted by atomic mass is 10.3. The molecule has 9 heavy (non-hydrogen) atoms. The SMILES string of the molecule is CC=C(Br)[CH]C(=O)C=O. The van der Waals surface area contributed by atoms with Gasteiger partial charge in [0.25, 0.3) is 0 Å². The van der Waals surface area contributed by atoms with Crippen molar-refractivity contribution in [1.82, 2.24) is 0 Å². The molecular weight excluding hydrogens is 184 g/mol. The van der Waals surface area contributed by atoms with Crippen molar-refractivity contribution in [2.45, 2.75) is 6.92 Å². The van der Waals surface area contributed by atoms with Crippen LogP contribution in [0.3, 0.4) is 0 Å². The van der Waals surface area contributed by atoms with Crippen molar-refractivity contribution in [3.63, 3.8) is 0 Å². The Hall–Kier alpha value is -0.440. The molecule has 2 nitrogen and oxygen atoms in total. The van der Waals surface area contributed by atoms with Gasteiger partial charge >= 0.3 is 0 Å². The molecule has 0 atom stereocenters. The summed E-state index contributed by atoms with van der Waals surface area (Å²) in [7, 11) is 0. The highest BCUT2D eigenvalue weighted by Gasteiger charge is 1.99. The van der Waals surface area contributed by atoms with Crippen LogP contribution in [0.2, 0.25) is 0 Å². The van der Waals surface area contributed by atoms with Crippen LogP contribution in [0.25, 0.3) is 0 Å². The molecule has 0 aliphatic heterocycles. The van der Waals surface area contributed by atoms with E-state index in [0.29, 0.717) is 4.48 Å². The second-order valence-electron chi connectivity index (χ2n) is 1.34. The van der Waals surface area contributed by atoms with Gasteiger partial charge in [0.15, 0.2) is 6.29 Å². The highest BCUT2D eigenvalue weighted by molar-refractivity contribution is 9.11. The molecule has 0 N–H and O–H groups in total. The van der Waals surface area contributed by atoms with E-state index >= 15 is 0 Å². The van der Waals surface area contributed by atoms with E-state index in [1.165, 1.54) is 6.42 Å². The average Bonchev–Trinajstić information content (AvgIpc) is 1.87. The number of hydrogen-bond acceptors (Lipinski definition) is 2. The molecule has 0 heterocycles. The summed E-state index contributed by atoms with van der Waals surface area (Å²) in [4.78, 5) is 20.0. The third kappa shape index (κ3) is 4.09.